The summed E-state index contributed by atoms with van der Waals surface area (Å²) in [6.45, 7) is 1.64. The molecule has 1 aromatic heterocycles. The molecule has 1 aromatic rings. The number of rotatable bonds is 4. The average molecular weight is 339 g/mol. The smallest absolute Gasteiger partial charge is 0.242 e. The summed E-state index contributed by atoms with van der Waals surface area (Å²) in [5, 5.41) is 8.46. The van der Waals surface area contributed by atoms with Gasteiger partial charge in [-0.3, -0.25) is 0 Å². The Labute approximate surface area is 113 Å². The first-order valence-corrected chi connectivity index (χ1v) is 7.22. The zero-order valence-electron chi connectivity index (χ0n) is 8.81. The van der Waals surface area contributed by atoms with Crippen LogP contribution in [-0.4, -0.2) is 19.9 Å². The van der Waals surface area contributed by atoms with Crippen LogP contribution >= 0.6 is 27.5 Å². The number of halogens is 2. The number of hydrogen-bond donors (Lipinski definition) is 1. The molecule has 17 heavy (non-hydrogen) atoms. The van der Waals surface area contributed by atoms with Crippen molar-refractivity contribution in [1.82, 2.24) is 9.71 Å². The summed E-state index contributed by atoms with van der Waals surface area (Å²) in [7, 11) is -3.74. The number of sulfonamides is 1. The molecule has 1 heterocycles. The summed E-state index contributed by atoms with van der Waals surface area (Å²) in [6, 6.07) is 3.29. The van der Waals surface area contributed by atoms with Gasteiger partial charge in [0.1, 0.15) is 10.0 Å². The minimum Gasteiger partial charge on any atom is -0.242 e. The summed E-state index contributed by atoms with van der Waals surface area (Å²) >= 11 is 8.83. The van der Waals surface area contributed by atoms with E-state index in [1.165, 1.54) is 12.3 Å². The second-order valence-corrected chi connectivity index (χ2v) is 6.33. The molecule has 0 amide bonds. The first-order chi connectivity index (χ1) is 7.86. The van der Waals surface area contributed by atoms with Gasteiger partial charge >= 0.3 is 0 Å². The molecule has 0 saturated carbocycles. The highest BCUT2D eigenvalue weighted by Gasteiger charge is 2.19. The van der Waals surface area contributed by atoms with E-state index in [1.807, 2.05) is 6.07 Å². The third-order valence-electron chi connectivity index (χ3n) is 1.86. The van der Waals surface area contributed by atoms with Gasteiger partial charge in [-0.1, -0.05) is 11.6 Å². The number of pyridine rings is 1. The summed E-state index contributed by atoms with van der Waals surface area (Å²) < 4.78 is 26.5. The Bertz CT molecular complexity index is 556. The predicted molar refractivity (Wildman–Crippen MR) is 66.9 cm³/mol. The number of hydrogen-bond acceptors (Lipinski definition) is 4. The summed E-state index contributed by atoms with van der Waals surface area (Å²) in [5.41, 5.74) is 0. The van der Waals surface area contributed by atoms with Crippen molar-refractivity contribution in [3.8, 4) is 6.07 Å². The van der Waals surface area contributed by atoms with Gasteiger partial charge in [0.2, 0.25) is 10.0 Å². The molecule has 1 unspecified atom stereocenters. The van der Waals surface area contributed by atoms with E-state index in [2.05, 4.69) is 25.6 Å². The van der Waals surface area contributed by atoms with Crippen molar-refractivity contribution < 1.29 is 8.42 Å². The monoisotopic (exact) mass is 337 g/mol. The summed E-state index contributed by atoms with van der Waals surface area (Å²) in [4.78, 5) is 3.61. The largest absolute Gasteiger partial charge is 0.243 e. The summed E-state index contributed by atoms with van der Waals surface area (Å²) in [6.07, 6.45) is 1.40. The van der Waals surface area contributed by atoms with Gasteiger partial charge in [-0.2, -0.15) is 5.26 Å². The maximum atomic E-state index is 11.9. The zero-order chi connectivity index (χ0) is 13.1. The predicted octanol–water partition coefficient (Wildman–Crippen LogP) is 1.94. The number of nitrogens with one attached hydrogen (secondary N) is 1. The molecule has 0 aliphatic carbocycles. The molecule has 0 fully saturated rings. The topological polar surface area (TPSA) is 82.9 Å². The van der Waals surface area contributed by atoms with Crippen molar-refractivity contribution in [1.29, 1.82) is 5.26 Å². The van der Waals surface area contributed by atoms with Gasteiger partial charge in [0.15, 0.2) is 0 Å². The van der Waals surface area contributed by atoms with E-state index >= 15 is 0 Å². The van der Waals surface area contributed by atoms with E-state index in [4.69, 9.17) is 16.9 Å². The highest BCUT2D eigenvalue weighted by molar-refractivity contribution is 9.10. The van der Waals surface area contributed by atoms with Crippen LogP contribution in [-0.2, 0) is 10.0 Å². The Kier molecular flexibility index (Phi) is 4.89. The fourth-order valence-corrected chi connectivity index (χ4v) is 3.02. The van der Waals surface area contributed by atoms with Crippen molar-refractivity contribution in [2.75, 3.05) is 6.54 Å². The number of aromatic nitrogens is 1. The highest BCUT2D eigenvalue weighted by Crippen LogP contribution is 2.22. The Hall–Kier alpha value is -0.680. The van der Waals surface area contributed by atoms with Crippen molar-refractivity contribution in [3.63, 3.8) is 0 Å². The van der Waals surface area contributed by atoms with E-state index in [1.54, 1.807) is 6.92 Å². The molecular weight excluding hydrogens is 330 g/mol. The first kappa shape index (κ1) is 14.4. The van der Waals surface area contributed by atoms with E-state index in [-0.39, 0.29) is 16.6 Å². The minimum atomic E-state index is -3.74. The van der Waals surface area contributed by atoms with Gasteiger partial charge in [0.05, 0.1) is 12.0 Å². The lowest BCUT2D eigenvalue weighted by atomic mass is 10.2. The van der Waals surface area contributed by atoms with Gasteiger partial charge in [0.25, 0.3) is 0 Å². The van der Waals surface area contributed by atoms with Gasteiger partial charge < -0.3 is 0 Å². The Morgan fingerprint density at radius 3 is 2.94 bits per heavy atom. The Morgan fingerprint density at radius 1 is 1.71 bits per heavy atom. The molecule has 1 atom stereocenters. The molecule has 0 aliphatic heterocycles. The molecule has 0 radical (unpaired) electrons. The molecular formula is C9H9BrClN3O2S. The van der Waals surface area contributed by atoms with Crippen LogP contribution in [0.1, 0.15) is 6.92 Å². The highest BCUT2D eigenvalue weighted by atomic mass is 79.9. The molecule has 0 aliphatic rings. The van der Waals surface area contributed by atoms with E-state index in [9.17, 15) is 8.42 Å². The fraction of sp³-hybridized carbons (Fsp3) is 0.333. The second-order valence-electron chi connectivity index (χ2n) is 3.32. The van der Waals surface area contributed by atoms with Gasteiger partial charge in [0, 0.05) is 17.2 Å². The maximum Gasteiger partial charge on any atom is 0.243 e. The number of nitriles is 1. The van der Waals surface area contributed by atoms with Gasteiger partial charge in [-0.15, -0.1) is 0 Å². The van der Waals surface area contributed by atoms with Crippen LogP contribution in [0, 0.1) is 17.2 Å². The van der Waals surface area contributed by atoms with Crippen LogP contribution in [0.15, 0.2) is 21.6 Å². The Balaban J connectivity index is 2.98. The molecule has 1 rings (SSSR count). The zero-order valence-corrected chi connectivity index (χ0v) is 12.0. The van der Waals surface area contributed by atoms with Crippen LogP contribution in [0.2, 0.25) is 5.15 Å². The molecule has 0 saturated heterocycles. The van der Waals surface area contributed by atoms with E-state index in [0.717, 1.165) is 0 Å². The van der Waals surface area contributed by atoms with Crippen LogP contribution in [0.3, 0.4) is 0 Å². The number of nitrogens with zero attached hydrogens (tertiary/aromatic N) is 2. The average Bonchev–Trinajstić information content (AvgIpc) is 2.29. The molecule has 0 aromatic carbocycles. The lowest BCUT2D eigenvalue weighted by molar-refractivity contribution is 0.572. The van der Waals surface area contributed by atoms with Crippen LogP contribution in [0.4, 0.5) is 0 Å². The van der Waals surface area contributed by atoms with E-state index < -0.39 is 15.9 Å². The lowest BCUT2D eigenvalue weighted by Crippen LogP contribution is -2.28. The fourth-order valence-electron chi connectivity index (χ4n) is 0.951. The SMILES string of the molecule is CC(C#N)CNS(=O)(=O)c1cc(Br)cnc1Cl. The summed E-state index contributed by atoms with van der Waals surface area (Å²) in [5.74, 6) is -0.413. The molecule has 1 N–H and O–H groups in total. The van der Waals surface area contributed by atoms with Gasteiger partial charge in [-0.25, -0.2) is 18.1 Å². The lowest BCUT2D eigenvalue weighted by Gasteiger charge is -2.08. The molecule has 92 valence electrons. The minimum absolute atomic E-state index is 0.0294. The molecule has 0 spiro atoms. The molecule has 0 bridgehead atoms. The molecule has 8 heteroatoms. The molecule has 5 nitrogen and oxygen atoms in total. The van der Waals surface area contributed by atoms with Crippen molar-refractivity contribution >= 4 is 37.6 Å². The van der Waals surface area contributed by atoms with Crippen LogP contribution in [0.5, 0.6) is 0 Å². The van der Waals surface area contributed by atoms with Crippen LogP contribution in [0.25, 0.3) is 0 Å². The van der Waals surface area contributed by atoms with Crippen molar-refractivity contribution in [3.05, 3.63) is 21.9 Å². The quantitative estimate of drug-likeness (QED) is 0.850. The second kappa shape index (κ2) is 5.78. The Morgan fingerprint density at radius 2 is 2.35 bits per heavy atom. The van der Waals surface area contributed by atoms with Crippen molar-refractivity contribution in [2.24, 2.45) is 5.92 Å². The maximum absolute atomic E-state index is 11.9. The third kappa shape index (κ3) is 3.92. The van der Waals surface area contributed by atoms with Crippen molar-refractivity contribution in [2.45, 2.75) is 11.8 Å². The standard InChI is InChI=1S/C9H9BrClN3O2S/c1-6(3-12)4-14-17(15,16)8-2-7(10)5-13-9(8)11/h2,5-6,14H,4H2,1H3. The van der Waals surface area contributed by atoms with Crippen LogP contribution < -0.4 is 4.72 Å². The van der Waals surface area contributed by atoms with E-state index in [0.29, 0.717) is 4.47 Å². The third-order valence-corrected chi connectivity index (χ3v) is 4.15. The van der Waals surface area contributed by atoms with Gasteiger partial charge in [-0.05, 0) is 28.9 Å². The normalized spacial score (nSPS) is 13.1. The first-order valence-electron chi connectivity index (χ1n) is 4.57.